The number of hydrogen-bond acceptors (Lipinski definition) is 4. The number of carboxylic acids is 1. The van der Waals surface area contributed by atoms with Crippen LogP contribution in [0.1, 0.15) is 29.3 Å². The van der Waals surface area contributed by atoms with Crippen molar-refractivity contribution in [1.82, 2.24) is 15.1 Å². The van der Waals surface area contributed by atoms with Crippen LogP contribution in [0.25, 0.3) is 5.69 Å². The number of thioether (sulfide) groups is 1. The van der Waals surface area contributed by atoms with Crippen LogP contribution < -0.4 is 5.32 Å². The van der Waals surface area contributed by atoms with Gasteiger partial charge in [0.2, 0.25) is 5.91 Å². The molecular weight excluding hydrogens is 381 g/mol. The first-order valence-corrected chi connectivity index (χ1v) is 10.1. The van der Waals surface area contributed by atoms with Crippen molar-refractivity contribution in [2.24, 2.45) is 0 Å². The van der Waals surface area contributed by atoms with Crippen molar-refractivity contribution in [3.8, 4) is 5.69 Å². The van der Waals surface area contributed by atoms with E-state index in [9.17, 15) is 14.0 Å². The maximum absolute atomic E-state index is 13.2. The van der Waals surface area contributed by atoms with Crippen molar-refractivity contribution in [2.75, 3.05) is 11.5 Å². The molecular formula is C20H22FN3O3S. The van der Waals surface area contributed by atoms with Crippen LogP contribution in [0.3, 0.4) is 0 Å². The second kappa shape index (κ2) is 8.60. The molecule has 0 fully saturated rings. The van der Waals surface area contributed by atoms with Crippen LogP contribution in [0.5, 0.6) is 0 Å². The Morgan fingerprint density at radius 3 is 2.64 bits per heavy atom. The molecule has 2 aromatic rings. The summed E-state index contributed by atoms with van der Waals surface area (Å²) in [5, 5.41) is 16.2. The second-order valence-corrected chi connectivity index (χ2v) is 7.75. The molecule has 1 heterocycles. The fourth-order valence-corrected chi connectivity index (χ4v) is 4.07. The number of aryl methyl sites for hydroxylation is 1. The summed E-state index contributed by atoms with van der Waals surface area (Å²) in [5.41, 5.74) is 3.80. The molecule has 0 saturated heterocycles. The number of aromatic nitrogens is 2. The van der Waals surface area contributed by atoms with Crippen LogP contribution in [0.4, 0.5) is 4.39 Å². The van der Waals surface area contributed by atoms with E-state index < -0.39 is 5.97 Å². The lowest BCUT2D eigenvalue weighted by Crippen LogP contribution is -2.34. The normalized spacial score (nSPS) is 18.4. The number of nitrogens with zero attached hydrogens (tertiary/aromatic N) is 2. The number of carbonyl (C=O) groups is 2. The molecule has 0 saturated carbocycles. The Kier molecular flexibility index (Phi) is 6.18. The van der Waals surface area contributed by atoms with Crippen LogP contribution in [-0.4, -0.2) is 44.3 Å². The van der Waals surface area contributed by atoms with Gasteiger partial charge in [-0.1, -0.05) is 12.2 Å². The predicted octanol–water partition coefficient (Wildman–Crippen LogP) is 2.97. The van der Waals surface area contributed by atoms with Crippen molar-refractivity contribution in [3.63, 3.8) is 0 Å². The first-order valence-electron chi connectivity index (χ1n) is 8.94. The number of amides is 1. The molecule has 28 heavy (non-hydrogen) atoms. The lowest BCUT2D eigenvalue weighted by Gasteiger charge is -2.14. The minimum atomic E-state index is -0.928. The summed E-state index contributed by atoms with van der Waals surface area (Å²) in [7, 11) is 0. The first-order chi connectivity index (χ1) is 13.3. The summed E-state index contributed by atoms with van der Waals surface area (Å²) in [4.78, 5) is 22.5. The molecule has 2 unspecified atom stereocenters. The molecule has 3 rings (SSSR count). The Labute approximate surface area is 166 Å². The van der Waals surface area contributed by atoms with E-state index in [0.29, 0.717) is 0 Å². The van der Waals surface area contributed by atoms with Crippen LogP contribution in [-0.2, 0) is 9.59 Å². The third kappa shape index (κ3) is 4.62. The van der Waals surface area contributed by atoms with Gasteiger partial charge in [-0.3, -0.25) is 9.59 Å². The van der Waals surface area contributed by atoms with Gasteiger partial charge in [-0.2, -0.15) is 5.10 Å². The Morgan fingerprint density at radius 1 is 1.25 bits per heavy atom. The first kappa shape index (κ1) is 20.1. The largest absolute Gasteiger partial charge is 0.481 e. The summed E-state index contributed by atoms with van der Waals surface area (Å²) < 4.78 is 15.0. The Bertz CT molecular complexity index is 908. The minimum Gasteiger partial charge on any atom is -0.481 e. The molecule has 148 valence electrons. The van der Waals surface area contributed by atoms with Gasteiger partial charge in [0.15, 0.2) is 0 Å². The van der Waals surface area contributed by atoms with Crippen LogP contribution >= 0.6 is 11.8 Å². The van der Waals surface area contributed by atoms with Gasteiger partial charge in [0.1, 0.15) is 5.82 Å². The van der Waals surface area contributed by atoms with Crippen LogP contribution in [0.15, 0.2) is 36.4 Å². The topological polar surface area (TPSA) is 84.2 Å². The highest BCUT2D eigenvalue weighted by Gasteiger charge is 2.27. The van der Waals surface area contributed by atoms with E-state index in [4.69, 9.17) is 5.11 Å². The number of benzene rings is 1. The zero-order valence-corrected chi connectivity index (χ0v) is 16.5. The van der Waals surface area contributed by atoms with Crippen molar-refractivity contribution < 1.29 is 19.1 Å². The average Bonchev–Trinajstić information content (AvgIpc) is 3.19. The summed E-state index contributed by atoms with van der Waals surface area (Å²) in [5.74, 6) is -1.21. The molecule has 1 aliphatic carbocycles. The van der Waals surface area contributed by atoms with E-state index >= 15 is 0 Å². The van der Waals surface area contributed by atoms with Gasteiger partial charge in [0, 0.05) is 23.2 Å². The summed E-state index contributed by atoms with van der Waals surface area (Å²) >= 11 is 1.08. The summed E-state index contributed by atoms with van der Waals surface area (Å²) in [6.07, 6.45) is 4.77. The van der Waals surface area contributed by atoms with E-state index in [0.717, 1.165) is 40.8 Å². The third-order valence-electron chi connectivity index (χ3n) is 4.68. The molecule has 0 aliphatic heterocycles. The van der Waals surface area contributed by atoms with Gasteiger partial charge < -0.3 is 10.4 Å². The standard InChI is InChI=1S/C20H22FN3O3S/c1-12-20(13(2)24(23-12)17-7-4-15(21)5-8-17)14-3-6-16(9-14)22-18(25)10-28-11-19(26)27/h3-8,14,16H,9-11H2,1-2H3,(H,22,25)(H,26,27). The molecule has 1 amide bonds. The summed E-state index contributed by atoms with van der Waals surface area (Å²) in [6, 6.07) is 6.13. The lowest BCUT2D eigenvalue weighted by molar-refractivity contribution is -0.133. The Balaban J connectivity index is 1.66. The molecule has 8 heteroatoms. The molecule has 0 spiro atoms. The molecule has 2 N–H and O–H groups in total. The number of rotatable bonds is 7. The van der Waals surface area contributed by atoms with Gasteiger partial charge in [0.05, 0.1) is 22.9 Å². The van der Waals surface area contributed by atoms with E-state index in [1.165, 1.54) is 12.1 Å². The molecule has 6 nitrogen and oxygen atoms in total. The zero-order chi connectivity index (χ0) is 20.3. The molecule has 1 aromatic heterocycles. The van der Waals surface area contributed by atoms with Crippen molar-refractivity contribution >= 4 is 23.6 Å². The highest BCUT2D eigenvalue weighted by molar-refractivity contribution is 8.00. The highest BCUT2D eigenvalue weighted by atomic mass is 32.2. The number of allylic oxidation sites excluding steroid dienone is 1. The lowest BCUT2D eigenvalue weighted by atomic mass is 9.96. The van der Waals surface area contributed by atoms with Crippen molar-refractivity contribution in [1.29, 1.82) is 0 Å². The maximum atomic E-state index is 13.2. The van der Waals surface area contributed by atoms with Gasteiger partial charge in [-0.25, -0.2) is 9.07 Å². The minimum absolute atomic E-state index is 0.0858. The molecule has 0 radical (unpaired) electrons. The number of aliphatic carboxylic acids is 1. The Hall–Kier alpha value is -2.61. The zero-order valence-electron chi connectivity index (χ0n) is 15.7. The van der Waals surface area contributed by atoms with Gasteiger partial charge in [-0.15, -0.1) is 11.8 Å². The van der Waals surface area contributed by atoms with Crippen LogP contribution in [0, 0.1) is 19.7 Å². The van der Waals surface area contributed by atoms with E-state index in [1.54, 1.807) is 12.1 Å². The quantitative estimate of drug-likeness (QED) is 0.695. The molecule has 0 bridgehead atoms. The monoisotopic (exact) mass is 403 g/mol. The second-order valence-electron chi connectivity index (χ2n) is 6.76. The fourth-order valence-electron chi connectivity index (χ4n) is 3.52. The average molecular weight is 403 g/mol. The number of nitrogens with one attached hydrogen (secondary N) is 1. The fraction of sp³-hybridized carbons (Fsp3) is 0.350. The van der Waals surface area contributed by atoms with Crippen molar-refractivity contribution in [3.05, 3.63) is 59.2 Å². The number of hydrogen-bond donors (Lipinski definition) is 2. The summed E-state index contributed by atoms with van der Waals surface area (Å²) in [6.45, 7) is 3.94. The number of carbonyl (C=O) groups excluding carboxylic acids is 1. The number of halogens is 1. The van der Waals surface area contributed by atoms with Gasteiger partial charge in [0.25, 0.3) is 0 Å². The highest BCUT2D eigenvalue weighted by Crippen LogP contribution is 2.33. The smallest absolute Gasteiger partial charge is 0.313 e. The van der Waals surface area contributed by atoms with Crippen molar-refractivity contribution in [2.45, 2.75) is 32.2 Å². The maximum Gasteiger partial charge on any atom is 0.313 e. The van der Waals surface area contributed by atoms with E-state index in [2.05, 4.69) is 16.5 Å². The number of carboxylic acid groups (broad SMARTS) is 1. The predicted molar refractivity (Wildman–Crippen MR) is 106 cm³/mol. The third-order valence-corrected chi connectivity index (χ3v) is 5.60. The molecule has 1 aromatic carbocycles. The Morgan fingerprint density at radius 2 is 1.96 bits per heavy atom. The van der Waals surface area contributed by atoms with E-state index in [-0.39, 0.29) is 35.2 Å². The van der Waals surface area contributed by atoms with Crippen LogP contribution in [0.2, 0.25) is 0 Å². The SMILES string of the molecule is Cc1nn(-c2ccc(F)cc2)c(C)c1C1C=CC(NC(=O)CSCC(=O)O)C1. The molecule has 1 aliphatic rings. The molecule has 2 atom stereocenters. The van der Waals surface area contributed by atoms with E-state index in [1.807, 2.05) is 24.6 Å². The van der Waals surface area contributed by atoms with Gasteiger partial charge in [-0.05, 0) is 44.5 Å². The van der Waals surface area contributed by atoms with Gasteiger partial charge >= 0.3 is 5.97 Å².